The van der Waals surface area contributed by atoms with Crippen molar-refractivity contribution in [1.82, 2.24) is 4.98 Å². The van der Waals surface area contributed by atoms with Crippen molar-refractivity contribution in [3.8, 4) is 11.3 Å². The summed E-state index contributed by atoms with van der Waals surface area (Å²) in [5.41, 5.74) is 6.16. The van der Waals surface area contributed by atoms with Crippen LogP contribution in [0.1, 0.15) is 58.2 Å². The van der Waals surface area contributed by atoms with E-state index in [2.05, 4.69) is 109 Å². The molecular weight excluding hydrogens is 699 g/mol. The molecule has 0 atom stereocenters. The number of hydrogen-bond donors (Lipinski definition) is 1. The minimum atomic E-state index is -1.52. The molecule has 0 spiro atoms. The number of benzene rings is 3. The summed E-state index contributed by atoms with van der Waals surface area (Å²) in [7, 11) is -1.52. The van der Waals surface area contributed by atoms with Gasteiger partial charge in [-0.25, -0.2) is 0 Å². The summed E-state index contributed by atoms with van der Waals surface area (Å²) < 4.78 is 0. The van der Waals surface area contributed by atoms with Crippen LogP contribution in [0, 0.1) is 25.3 Å². The van der Waals surface area contributed by atoms with Gasteiger partial charge in [0, 0.05) is 37.4 Å². The van der Waals surface area contributed by atoms with E-state index in [0.717, 1.165) is 23.2 Å². The second kappa shape index (κ2) is 13.1. The molecule has 4 aromatic rings. The van der Waals surface area contributed by atoms with E-state index in [1.807, 2.05) is 20.0 Å². The maximum absolute atomic E-state index is 11.7. The summed E-state index contributed by atoms with van der Waals surface area (Å²) in [4.78, 5) is 16.4. The van der Waals surface area contributed by atoms with Crippen LogP contribution < -0.4 is 0 Å². The van der Waals surface area contributed by atoms with Crippen LogP contribution in [-0.4, -0.2) is 23.9 Å². The topological polar surface area (TPSA) is 50.2 Å². The molecule has 1 radical (unpaired) electrons. The number of pyridine rings is 1. The molecule has 1 aromatic heterocycles. The molecule has 0 aliphatic heterocycles. The van der Waals surface area contributed by atoms with E-state index in [9.17, 15) is 4.79 Å². The number of carbonyl (C=O) groups is 1. The molecule has 0 saturated heterocycles. The van der Waals surface area contributed by atoms with Crippen LogP contribution in [0.5, 0.6) is 0 Å². The van der Waals surface area contributed by atoms with Crippen LogP contribution in [-0.2, 0) is 31.3 Å². The Morgan fingerprint density at radius 3 is 2.10 bits per heavy atom. The van der Waals surface area contributed by atoms with Crippen LogP contribution in [0.15, 0.2) is 66.6 Å². The third kappa shape index (κ3) is 8.47. The minimum absolute atomic E-state index is 0. The van der Waals surface area contributed by atoms with Crippen molar-refractivity contribution in [2.45, 2.75) is 86.5 Å². The average Bonchev–Trinajstić information content (AvgIpc) is 2.81. The van der Waals surface area contributed by atoms with Gasteiger partial charge in [-0.1, -0.05) is 98.4 Å². The summed E-state index contributed by atoms with van der Waals surface area (Å²) in [6.07, 6.45) is 4.33. The van der Waals surface area contributed by atoms with Gasteiger partial charge in [-0.15, -0.1) is 34.9 Å². The van der Waals surface area contributed by atoms with Crippen molar-refractivity contribution in [2.75, 3.05) is 0 Å². The van der Waals surface area contributed by atoms with Gasteiger partial charge in [-0.3, -0.25) is 4.79 Å². The number of rotatable bonds is 5. The van der Waals surface area contributed by atoms with Crippen molar-refractivity contribution in [1.29, 1.82) is 0 Å². The average molecular weight is 745 g/mol. The zero-order chi connectivity index (χ0) is 30.0. The maximum atomic E-state index is 11.7. The molecule has 3 aromatic carbocycles. The fraction of sp³-hybridized carbons (Fsp3) is 0.389. The van der Waals surface area contributed by atoms with Gasteiger partial charge in [-0.2, -0.15) is 0 Å². The number of aromatic nitrogens is 1. The number of aliphatic hydroxyl groups is 1. The number of hydrogen-bond acceptors (Lipinski definition) is 3. The predicted octanol–water partition coefficient (Wildman–Crippen LogP) is 10.2. The number of aliphatic hydroxyl groups excluding tert-OH is 1. The second-order valence-electron chi connectivity index (χ2n) is 13.8. The molecule has 0 amide bonds. The zero-order valence-electron chi connectivity index (χ0n) is 26.6. The largest absolute Gasteiger partial charge is 0.512 e. The number of allylic oxidation sites excluding steroid dienone is 2. The first kappa shape index (κ1) is 34.6. The molecule has 3 nitrogen and oxygen atoms in total. The van der Waals surface area contributed by atoms with Crippen molar-refractivity contribution in [2.24, 2.45) is 5.41 Å². The molecule has 0 saturated carbocycles. The van der Waals surface area contributed by atoms with E-state index in [0.29, 0.717) is 0 Å². The molecule has 0 unspecified atom stereocenters. The van der Waals surface area contributed by atoms with Crippen LogP contribution in [0.2, 0.25) is 24.7 Å². The minimum Gasteiger partial charge on any atom is -0.512 e. The van der Waals surface area contributed by atoms with E-state index < -0.39 is 8.07 Å². The molecule has 0 fully saturated rings. The van der Waals surface area contributed by atoms with Crippen molar-refractivity contribution >= 4 is 35.4 Å². The third-order valence-electron chi connectivity index (χ3n) is 7.85. The molecule has 1 heterocycles. The summed E-state index contributed by atoms with van der Waals surface area (Å²) in [6.45, 7) is 23.0. The fourth-order valence-corrected chi connectivity index (χ4v) is 5.60. The van der Waals surface area contributed by atoms with Gasteiger partial charge in [-0.05, 0) is 57.6 Å². The number of aryl methyl sites for hydroxylation is 2. The standard InChI is InChI=1S/C26H26N.C10H20O2Si.Ir/c1-17-13-18(2)15-20(14-17)25-24-10-9-21-19(16-26(3,4)5)7-6-8-22(21)23(24)11-12-27-25;1-8(11)7-9(12)10(2,3)13(4,5)6;/h6-14H,16H2,1-5H3;7,11H,1-6H3;/q-1;;/b;8-7-;. The molecule has 0 bridgehead atoms. The first-order valence-corrected chi connectivity index (χ1v) is 17.6. The normalized spacial score (nSPS) is 12.5. The summed E-state index contributed by atoms with van der Waals surface area (Å²) in [5, 5.41) is 13.8. The van der Waals surface area contributed by atoms with Gasteiger partial charge in [0.15, 0.2) is 5.78 Å². The number of nitrogens with zero attached hydrogens (tertiary/aromatic N) is 1. The molecule has 5 heteroatoms. The smallest absolute Gasteiger partial charge is 0.161 e. The molecule has 221 valence electrons. The van der Waals surface area contributed by atoms with Gasteiger partial charge < -0.3 is 10.1 Å². The second-order valence-corrected chi connectivity index (χ2v) is 19.6. The van der Waals surface area contributed by atoms with Crippen LogP contribution >= 0.6 is 0 Å². The van der Waals surface area contributed by atoms with Crippen molar-refractivity contribution < 1.29 is 30.0 Å². The number of fused-ring (bicyclic) bond motifs is 3. The van der Waals surface area contributed by atoms with E-state index in [1.165, 1.54) is 45.7 Å². The first-order chi connectivity index (χ1) is 18.4. The van der Waals surface area contributed by atoms with Gasteiger partial charge in [0.05, 0.1) is 13.8 Å². The fourth-order valence-electron chi connectivity index (χ4n) is 4.79. The molecule has 0 aliphatic carbocycles. The Labute approximate surface area is 261 Å². The Hall–Kier alpha value is -2.59. The van der Waals surface area contributed by atoms with Crippen molar-refractivity contribution in [3.63, 3.8) is 0 Å². The molecule has 0 aliphatic rings. The monoisotopic (exact) mass is 745 g/mol. The van der Waals surface area contributed by atoms with Crippen LogP contribution in [0.25, 0.3) is 32.8 Å². The Balaban J connectivity index is 0.000000360. The number of carbonyl (C=O) groups excluding carboxylic acids is 1. The van der Waals surface area contributed by atoms with E-state index in [1.54, 1.807) is 0 Å². The van der Waals surface area contributed by atoms with Gasteiger partial charge in [0.25, 0.3) is 0 Å². The van der Waals surface area contributed by atoms with Gasteiger partial charge in [0.2, 0.25) is 0 Å². The molecule has 4 rings (SSSR count). The first-order valence-electron chi connectivity index (χ1n) is 14.1. The van der Waals surface area contributed by atoms with Gasteiger partial charge >= 0.3 is 0 Å². The van der Waals surface area contributed by atoms with E-state index in [4.69, 9.17) is 10.1 Å². The Kier molecular flexibility index (Phi) is 11.1. The van der Waals surface area contributed by atoms with E-state index >= 15 is 0 Å². The summed E-state index contributed by atoms with van der Waals surface area (Å²) >= 11 is 0. The summed E-state index contributed by atoms with van der Waals surface area (Å²) in [5.74, 6) is 0.128. The maximum Gasteiger partial charge on any atom is 0.161 e. The Bertz CT molecular complexity index is 1550. The SMILES string of the molecule is C/C(O)=C/C(=O)C(C)(C)[Si](C)(C)C.Cc1[c-]c(-c2nccc3c2ccc2c(CC(C)(C)C)cccc23)cc(C)c1.[Ir]. The van der Waals surface area contributed by atoms with Crippen LogP contribution in [0.3, 0.4) is 0 Å². The molecule has 41 heavy (non-hydrogen) atoms. The Morgan fingerprint density at radius 2 is 1.54 bits per heavy atom. The molecular formula is C36H46IrNO2Si-. The Morgan fingerprint density at radius 1 is 0.927 bits per heavy atom. The third-order valence-corrected chi connectivity index (χ3v) is 11.8. The zero-order valence-corrected chi connectivity index (χ0v) is 30.0. The summed E-state index contributed by atoms with van der Waals surface area (Å²) in [6, 6.07) is 21.1. The van der Waals surface area contributed by atoms with Gasteiger partial charge in [0.1, 0.15) is 0 Å². The molecule has 1 N–H and O–H groups in total. The van der Waals surface area contributed by atoms with Crippen molar-refractivity contribution in [3.05, 3.63) is 89.3 Å². The predicted molar refractivity (Wildman–Crippen MR) is 175 cm³/mol. The van der Waals surface area contributed by atoms with E-state index in [-0.39, 0.29) is 42.1 Å². The number of ketones is 1. The van der Waals surface area contributed by atoms with Crippen LogP contribution in [0.4, 0.5) is 0 Å². The quantitative estimate of drug-likeness (QED) is 0.0728.